The van der Waals surface area contributed by atoms with E-state index in [2.05, 4.69) is 6.58 Å². The van der Waals surface area contributed by atoms with Gasteiger partial charge in [0.15, 0.2) is 5.78 Å². The number of benzene rings is 2. The molecule has 0 heterocycles. The maximum Gasteiger partial charge on any atom is 0.196 e. The molecule has 0 aliphatic rings. The van der Waals surface area contributed by atoms with Crippen LogP contribution in [0.4, 0.5) is 0 Å². The number of carbonyl (C=O) groups is 1. The third kappa shape index (κ3) is 3.24. The Morgan fingerprint density at radius 2 is 1.95 bits per heavy atom. The zero-order valence-electron chi connectivity index (χ0n) is 10.3. The third-order valence-electron chi connectivity index (χ3n) is 2.58. The Bertz CT molecular complexity index is 591. The summed E-state index contributed by atoms with van der Waals surface area (Å²) in [6.45, 7) is 3.93. The minimum Gasteiger partial charge on any atom is -0.489 e. The molecule has 0 atom stereocenters. The summed E-state index contributed by atoms with van der Waals surface area (Å²) >= 11 is 5.95. The first-order chi connectivity index (χ1) is 9.22. The maximum atomic E-state index is 12.4. The van der Waals surface area contributed by atoms with Gasteiger partial charge in [0, 0.05) is 10.6 Å². The predicted molar refractivity (Wildman–Crippen MR) is 77.0 cm³/mol. The van der Waals surface area contributed by atoms with Gasteiger partial charge in [0.05, 0.1) is 5.56 Å². The van der Waals surface area contributed by atoms with Crippen LogP contribution in [0.1, 0.15) is 15.9 Å². The van der Waals surface area contributed by atoms with Crippen molar-refractivity contribution >= 4 is 17.4 Å². The summed E-state index contributed by atoms with van der Waals surface area (Å²) in [5, 5.41) is 0.505. The summed E-state index contributed by atoms with van der Waals surface area (Å²) < 4.78 is 5.49. The molecule has 0 amide bonds. The Hall–Kier alpha value is -2.06. The van der Waals surface area contributed by atoms with Gasteiger partial charge in [0.2, 0.25) is 0 Å². The lowest BCUT2D eigenvalue weighted by Crippen LogP contribution is -2.05. The molecule has 0 N–H and O–H groups in total. The second-order valence-electron chi connectivity index (χ2n) is 3.94. The standard InChI is InChI=1S/C16H13ClO2/c1-2-10-19-15-9-8-13(17)11-14(15)16(18)12-6-4-3-5-7-12/h2-9,11H,1,10H2. The monoisotopic (exact) mass is 272 g/mol. The Morgan fingerprint density at radius 3 is 2.63 bits per heavy atom. The van der Waals surface area contributed by atoms with Crippen molar-refractivity contribution in [2.45, 2.75) is 0 Å². The minimum atomic E-state index is -0.109. The number of ether oxygens (including phenoxy) is 1. The quantitative estimate of drug-likeness (QED) is 0.604. The highest BCUT2D eigenvalue weighted by Crippen LogP contribution is 2.25. The van der Waals surface area contributed by atoms with E-state index in [1.807, 2.05) is 18.2 Å². The van der Waals surface area contributed by atoms with Crippen molar-refractivity contribution in [3.8, 4) is 5.75 Å². The molecule has 0 aliphatic heterocycles. The lowest BCUT2D eigenvalue weighted by molar-refractivity contribution is 0.103. The molecule has 0 unspecified atom stereocenters. The molecule has 0 saturated carbocycles. The van der Waals surface area contributed by atoms with Crippen molar-refractivity contribution in [3.63, 3.8) is 0 Å². The van der Waals surface area contributed by atoms with Gasteiger partial charge in [-0.2, -0.15) is 0 Å². The first-order valence-corrected chi connectivity index (χ1v) is 6.23. The molecular formula is C16H13ClO2. The van der Waals surface area contributed by atoms with E-state index in [0.717, 1.165) is 0 Å². The minimum absolute atomic E-state index is 0.109. The lowest BCUT2D eigenvalue weighted by Gasteiger charge is -2.10. The van der Waals surface area contributed by atoms with E-state index < -0.39 is 0 Å². The van der Waals surface area contributed by atoms with Crippen molar-refractivity contribution < 1.29 is 9.53 Å². The van der Waals surface area contributed by atoms with Crippen molar-refractivity contribution in [1.29, 1.82) is 0 Å². The molecule has 2 aromatic rings. The van der Waals surface area contributed by atoms with Gasteiger partial charge < -0.3 is 4.74 Å². The van der Waals surface area contributed by atoms with Gasteiger partial charge in [0.1, 0.15) is 12.4 Å². The van der Waals surface area contributed by atoms with Crippen molar-refractivity contribution in [2.75, 3.05) is 6.61 Å². The number of rotatable bonds is 5. The van der Waals surface area contributed by atoms with Gasteiger partial charge in [-0.25, -0.2) is 0 Å². The van der Waals surface area contributed by atoms with Gasteiger partial charge in [-0.1, -0.05) is 54.6 Å². The van der Waals surface area contributed by atoms with Crippen LogP contribution in [0, 0.1) is 0 Å². The van der Waals surface area contributed by atoms with Crippen molar-refractivity contribution in [1.82, 2.24) is 0 Å². The first kappa shape index (κ1) is 13.4. The Labute approximate surface area is 117 Å². The highest BCUT2D eigenvalue weighted by Gasteiger charge is 2.15. The predicted octanol–water partition coefficient (Wildman–Crippen LogP) is 4.14. The Kier molecular flexibility index (Phi) is 4.37. The van der Waals surface area contributed by atoms with E-state index >= 15 is 0 Å². The smallest absolute Gasteiger partial charge is 0.196 e. The van der Waals surface area contributed by atoms with E-state index in [9.17, 15) is 4.79 Å². The average Bonchev–Trinajstić information content (AvgIpc) is 2.46. The van der Waals surface area contributed by atoms with Crippen LogP contribution in [-0.2, 0) is 0 Å². The molecule has 0 bridgehead atoms. The van der Waals surface area contributed by atoms with Crippen LogP contribution in [0.3, 0.4) is 0 Å². The lowest BCUT2D eigenvalue weighted by atomic mass is 10.0. The summed E-state index contributed by atoms with van der Waals surface area (Å²) in [5.41, 5.74) is 1.06. The van der Waals surface area contributed by atoms with Crippen LogP contribution in [-0.4, -0.2) is 12.4 Å². The zero-order chi connectivity index (χ0) is 13.7. The molecule has 2 aromatic carbocycles. The van der Waals surface area contributed by atoms with E-state index in [0.29, 0.717) is 28.5 Å². The molecule has 0 aromatic heterocycles. The fraction of sp³-hybridized carbons (Fsp3) is 0.0625. The number of carbonyl (C=O) groups excluding carboxylic acids is 1. The molecule has 3 heteroatoms. The summed E-state index contributed by atoms with van der Waals surface area (Å²) in [7, 11) is 0. The summed E-state index contributed by atoms with van der Waals surface area (Å²) in [4.78, 5) is 12.4. The van der Waals surface area contributed by atoms with Gasteiger partial charge in [-0.05, 0) is 18.2 Å². The molecular weight excluding hydrogens is 260 g/mol. The summed E-state index contributed by atoms with van der Waals surface area (Å²) in [5.74, 6) is 0.403. The van der Waals surface area contributed by atoms with Crippen LogP contribution < -0.4 is 4.74 Å². The van der Waals surface area contributed by atoms with Gasteiger partial charge in [0.25, 0.3) is 0 Å². The van der Waals surface area contributed by atoms with E-state index in [1.54, 1.807) is 36.4 Å². The second-order valence-corrected chi connectivity index (χ2v) is 4.37. The fourth-order valence-corrected chi connectivity index (χ4v) is 1.87. The highest BCUT2D eigenvalue weighted by molar-refractivity contribution is 6.31. The van der Waals surface area contributed by atoms with Crippen LogP contribution in [0.15, 0.2) is 61.2 Å². The normalized spacial score (nSPS) is 9.95. The zero-order valence-corrected chi connectivity index (χ0v) is 11.1. The number of hydrogen-bond acceptors (Lipinski definition) is 2. The van der Waals surface area contributed by atoms with Crippen LogP contribution in [0.5, 0.6) is 5.75 Å². The van der Waals surface area contributed by atoms with Gasteiger partial charge in [-0.3, -0.25) is 4.79 Å². The molecule has 0 fully saturated rings. The molecule has 0 radical (unpaired) electrons. The average molecular weight is 273 g/mol. The summed E-state index contributed by atoms with van der Waals surface area (Å²) in [6.07, 6.45) is 1.63. The third-order valence-corrected chi connectivity index (χ3v) is 2.81. The molecule has 96 valence electrons. The van der Waals surface area contributed by atoms with Crippen molar-refractivity contribution in [2.24, 2.45) is 0 Å². The summed E-state index contributed by atoms with van der Waals surface area (Å²) in [6, 6.07) is 14.0. The van der Waals surface area contributed by atoms with E-state index in [4.69, 9.17) is 16.3 Å². The van der Waals surface area contributed by atoms with Crippen molar-refractivity contribution in [3.05, 3.63) is 77.3 Å². The fourth-order valence-electron chi connectivity index (χ4n) is 1.70. The number of halogens is 1. The maximum absolute atomic E-state index is 12.4. The molecule has 2 rings (SSSR count). The van der Waals surface area contributed by atoms with Gasteiger partial charge in [-0.15, -0.1) is 0 Å². The Balaban J connectivity index is 2.39. The Morgan fingerprint density at radius 1 is 1.21 bits per heavy atom. The van der Waals surface area contributed by atoms with Crippen LogP contribution >= 0.6 is 11.6 Å². The van der Waals surface area contributed by atoms with Gasteiger partial charge >= 0.3 is 0 Å². The number of ketones is 1. The topological polar surface area (TPSA) is 26.3 Å². The molecule has 0 saturated heterocycles. The van der Waals surface area contributed by atoms with Crippen LogP contribution in [0.25, 0.3) is 0 Å². The number of hydrogen-bond donors (Lipinski definition) is 0. The molecule has 2 nitrogen and oxygen atoms in total. The van der Waals surface area contributed by atoms with E-state index in [1.165, 1.54) is 0 Å². The van der Waals surface area contributed by atoms with Crippen LogP contribution in [0.2, 0.25) is 5.02 Å². The molecule has 19 heavy (non-hydrogen) atoms. The van der Waals surface area contributed by atoms with E-state index in [-0.39, 0.29) is 5.78 Å². The first-order valence-electron chi connectivity index (χ1n) is 5.85. The molecule has 0 aliphatic carbocycles. The SMILES string of the molecule is C=CCOc1ccc(Cl)cc1C(=O)c1ccccc1. The second kappa shape index (κ2) is 6.21. The largest absolute Gasteiger partial charge is 0.489 e. The molecule has 0 spiro atoms. The highest BCUT2D eigenvalue weighted by atomic mass is 35.5.